The van der Waals surface area contributed by atoms with Crippen molar-refractivity contribution in [1.82, 2.24) is 0 Å². The van der Waals surface area contributed by atoms with E-state index in [9.17, 15) is 10.1 Å². The number of allylic oxidation sites excluding steroid dienone is 1. The highest BCUT2D eigenvalue weighted by Gasteiger charge is 2.15. The third kappa shape index (κ3) is 5.66. The Hall–Kier alpha value is -3.20. The molecule has 0 saturated carbocycles. The summed E-state index contributed by atoms with van der Waals surface area (Å²) in [6, 6.07) is 10.2. The normalized spacial score (nSPS) is 10.7. The van der Waals surface area contributed by atoms with E-state index in [-0.39, 0.29) is 10.6 Å². The van der Waals surface area contributed by atoms with Crippen LogP contribution in [0.4, 0.5) is 5.69 Å². The summed E-state index contributed by atoms with van der Waals surface area (Å²) in [7, 11) is 1.51. The van der Waals surface area contributed by atoms with Crippen molar-refractivity contribution in [2.45, 2.75) is 6.42 Å². The lowest BCUT2D eigenvalue weighted by Crippen LogP contribution is -2.13. The van der Waals surface area contributed by atoms with E-state index in [1.807, 2.05) is 6.07 Å². The minimum atomic E-state index is -0.613. The van der Waals surface area contributed by atoms with Gasteiger partial charge in [-0.05, 0) is 42.3 Å². The van der Waals surface area contributed by atoms with Gasteiger partial charge in [0.15, 0.2) is 11.5 Å². The van der Waals surface area contributed by atoms with E-state index in [2.05, 4.69) is 18.5 Å². The highest BCUT2D eigenvalue weighted by atomic mass is 35.5. The van der Waals surface area contributed by atoms with Crippen molar-refractivity contribution in [2.75, 3.05) is 19.0 Å². The number of halogens is 2. The summed E-state index contributed by atoms with van der Waals surface area (Å²) in [6.45, 7) is 7.71. The van der Waals surface area contributed by atoms with Crippen LogP contribution in [0.15, 0.2) is 61.2 Å². The Morgan fingerprint density at radius 1 is 1.27 bits per heavy atom. The molecule has 0 bridgehead atoms. The van der Waals surface area contributed by atoms with E-state index in [0.717, 1.165) is 5.56 Å². The molecule has 1 N–H and O–H groups in total. The molecule has 154 valence electrons. The number of nitrogens with one attached hydrogen (secondary N) is 1. The molecule has 0 aliphatic rings. The number of nitrogens with zero attached hydrogens (tertiary/aromatic N) is 1. The van der Waals surface area contributed by atoms with Gasteiger partial charge >= 0.3 is 0 Å². The molecule has 0 unspecified atom stereocenters. The van der Waals surface area contributed by atoms with Crippen LogP contribution in [0.1, 0.15) is 11.1 Å². The number of ether oxygens (including phenoxy) is 2. The molecule has 1 amide bonds. The van der Waals surface area contributed by atoms with Crippen LogP contribution in [0.3, 0.4) is 0 Å². The Balaban J connectivity index is 2.42. The van der Waals surface area contributed by atoms with Gasteiger partial charge < -0.3 is 14.8 Å². The monoisotopic (exact) mass is 442 g/mol. The number of rotatable bonds is 9. The van der Waals surface area contributed by atoms with Crippen molar-refractivity contribution in [3.8, 4) is 17.6 Å². The van der Waals surface area contributed by atoms with E-state index < -0.39 is 5.91 Å². The second-order valence-corrected chi connectivity index (χ2v) is 6.81. The molecule has 5 nitrogen and oxygen atoms in total. The van der Waals surface area contributed by atoms with Crippen LogP contribution < -0.4 is 14.8 Å². The Labute approximate surface area is 185 Å². The van der Waals surface area contributed by atoms with E-state index in [1.54, 1.807) is 42.5 Å². The average Bonchev–Trinajstić information content (AvgIpc) is 2.74. The lowest BCUT2D eigenvalue weighted by atomic mass is 10.0. The Kier molecular flexibility index (Phi) is 8.54. The minimum Gasteiger partial charge on any atom is -0.493 e. The van der Waals surface area contributed by atoms with Crippen LogP contribution in [-0.4, -0.2) is 19.6 Å². The molecular weight excluding hydrogens is 423 g/mol. The SMILES string of the molecule is C=CCOc1c(CC=C)cc(/C=C(/C#N)C(=O)Nc2cccc(Cl)c2Cl)cc1OC. The van der Waals surface area contributed by atoms with E-state index in [0.29, 0.717) is 40.8 Å². The average molecular weight is 443 g/mol. The summed E-state index contributed by atoms with van der Waals surface area (Å²) in [6.07, 6.45) is 5.32. The Morgan fingerprint density at radius 2 is 2.03 bits per heavy atom. The van der Waals surface area contributed by atoms with Gasteiger partial charge in [-0.3, -0.25) is 4.79 Å². The number of hydrogen-bond donors (Lipinski definition) is 1. The summed E-state index contributed by atoms with van der Waals surface area (Å²) in [5.74, 6) is 0.416. The maximum absolute atomic E-state index is 12.6. The van der Waals surface area contributed by atoms with Crippen molar-refractivity contribution in [2.24, 2.45) is 0 Å². The molecule has 0 fully saturated rings. The van der Waals surface area contributed by atoms with Crippen molar-refractivity contribution in [3.63, 3.8) is 0 Å². The molecule has 2 rings (SSSR count). The molecular formula is C23H20Cl2N2O3. The van der Waals surface area contributed by atoms with Crippen LogP contribution >= 0.6 is 23.2 Å². The van der Waals surface area contributed by atoms with Gasteiger partial charge in [0.2, 0.25) is 0 Å². The molecule has 0 saturated heterocycles. The second kappa shape index (κ2) is 11.1. The summed E-state index contributed by atoms with van der Waals surface area (Å²) >= 11 is 12.1. The van der Waals surface area contributed by atoms with Crippen LogP contribution in [0.2, 0.25) is 10.0 Å². The highest BCUT2D eigenvalue weighted by Crippen LogP contribution is 2.35. The van der Waals surface area contributed by atoms with Crippen molar-refractivity contribution in [3.05, 3.63) is 82.4 Å². The largest absolute Gasteiger partial charge is 0.493 e. The second-order valence-electron chi connectivity index (χ2n) is 6.03. The van der Waals surface area contributed by atoms with Gasteiger partial charge in [0.1, 0.15) is 18.2 Å². The first-order chi connectivity index (χ1) is 14.4. The first-order valence-corrected chi connectivity index (χ1v) is 9.63. The maximum Gasteiger partial charge on any atom is 0.266 e. The molecule has 0 aromatic heterocycles. The van der Waals surface area contributed by atoms with E-state index in [4.69, 9.17) is 32.7 Å². The zero-order valence-corrected chi connectivity index (χ0v) is 17.9. The van der Waals surface area contributed by atoms with Crippen LogP contribution in [-0.2, 0) is 11.2 Å². The number of nitriles is 1. The van der Waals surface area contributed by atoms with Crippen LogP contribution in [0.5, 0.6) is 11.5 Å². The molecule has 0 aliphatic carbocycles. The fraction of sp³-hybridized carbons (Fsp3) is 0.130. The van der Waals surface area contributed by atoms with Crippen molar-refractivity contribution < 1.29 is 14.3 Å². The molecule has 2 aromatic rings. The lowest BCUT2D eigenvalue weighted by molar-refractivity contribution is -0.112. The quantitative estimate of drug-likeness (QED) is 0.300. The minimum absolute atomic E-state index is 0.114. The lowest BCUT2D eigenvalue weighted by Gasteiger charge is -2.15. The summed E-state index contributed by atoms with van der Waals surface area (Å²) in [4.78, 5) is 12.6. The molecule has 2 aromatic carbocycles. The van der Waals surface area contributed by atoms with Crippen LogP contribution in [0.25, 0.3) is 6.08 Å². The molecule has 0 spiro atoms. The molecule has 7 heteroatoms. The topological polar surface area (TPSA) is 71.3 Å². The highest BCUT2D eigenvalue weighted by molar-refractivity contribution is 6.44. The first-order valence-electron chi connectivity index (χ1n) is 8.87. The Morgan fingerprint density at radius 3 is 2.67 bits per heavy atom. The number of carbonyl (C=O) groups is 1. The summed E-state index contributed by atoms with van der Waals surface area (Å²) in [5, 5.41) is 12.6. The molecule has 0 radical (unpaired) electrons. The van der Waals surface area contributed by atoms with E-state index >= 15 is 0 Å². The summed E-state index contributed by atoms with van der Waals surface area (Å²) < 4.78 is 11.1. The predicted molar refractivity (Wildman–Crippen MR) is 121 cm³/mol. The van der Waals surface area contributed by atoms with E-state index in [1.165, 1.54) is 13.2 Å². The predicted octanol–water partition coefficient (Wildman–Crippen LogP) is 5.84. The summed E-state index contributed by atoms with van der Waals surface area (Å²) in [5.41, 5.74) is 1.59. The molecule has 0 atom stereocenters. The third-order valence-electron chi connectivity index (χ3n) is 3.96. The van der Waals surface area contributed by atoms with Crippen molar-refractivity contribution in [1.29, 1.82) is 5.26 Å². The van der Waals surface area contributed by atoms with Gasteiger partial charge in [0.05, 0.1) is 22.8 Å². The molecule has 30 heavy (non-hydrogen) atoms. The number of hydrogen-bond acceptors (Lipinski definition) is 4. The van der Waals surface area contributed by atoms with Crippen molar-refractivity contribution >= 4 is 40.9 Å². The van der Waals surface area contributed by atoms with Gasteiger partial charge in [0, 0.05) is 5.56 Å². The third-order valence-corrected chi connectivity index (χ3v) is 4.78. The number of carbonyl (C=O) groups excluding carboxylic acids is 1. The zero-order valence-electron chi connectivity index (χ0n) is 16.4. The van der Waals surface area contributed by atoms with Gasteiger partial charge in [-0.1, -0.05) is 48.0 Å². The Bertz CT molecular complexity index is 1040. The smallest absolute Gasteiger partial charge is 0.266 e. The van der Waals surface area contributed by atoms with Gasteiger partial charge in [0.25, 0.3) is 5.91 Å². The zero-order chi connectivity index (χ0) is 22.1. The van der Waals surface area contributed by atoms with Gasteiger partial charge in [-0.15, -0.1) is 6.58 Å². The number of benzene rings is 2. The molecule has 0 aliphatic heterocycles. The van der Waals surface area contributed by atoms with Gasteiger partial charge in [-0.2, -0.15) is 5.26 Å². The van der Waals surface area contributed by atoms with Crippen LogP contribution in [0, 0.1) is 11.3 Å². The number of methoxy groups -OCH3 is 1. The standard InChI is InChI=1S/C23H20Cl2N2O3/c1-4-7-16-11-15(13-20(29-3)22(16)30-10-5-2)12-17(14-26)23(28)27-19-9-6-8-18(24)21(19)25/h4-6,8-9,11-13H,1-2,7,10H2,3H3,(H,27,28)/b17-12-. The maximum atomic E-state index is 12.6. The van der Waals surface area contributed by atoms with Gasteiger partial charge in [-0.25, -0.2) is 0 Å². The number of amides is 1. The first kappa shape index (κ1) is 23.1. The number of anilines is 1. The fourth-order valence-electron chi connectivity index (χ4n) is 2.64. The fourth-order valence-corrected chi connectivity index (χ4v) is 2.98. The molecule has 0 heterocycles.